The number of halogens is 1. The van der Waals surface area contributed by atoms with Crippen molar-refractivity contribution in [3.63, 3.8) is 0 Å². The van der Waals surface area contributed by atoms with Crippen LogP contribution in [0, 0.1) is 0 Å². The van der Waals surface area contributed by atoms with Crippen molar-refractivity contribution in [3.8, 4) is 11.5 Å². The molecule has 1 unspecified atom stereocenters. The van der Waals surface area contributed by atoms with Gasteiger partial charge in [-0.05, 0) is 31.8 Å². The molecule has 0 spiro atoms. The van der Waals surface area contributed by atoms with E-state index in [0.29, 0.717) is 35.3 Å². The summed E-state index contributed by atoms with van der Waals surface area (Å²) in [5, 5.41) is 9.67. The van der Waals surface area contributed by atoms with Crippen LogP contribution in [0.2, 0.25) is 5.02 Å². The van der Waals surface area contributed by atoms with Crippen molar-refractivity contribution in [2.24, 2.45) is 0 Å². The molecule has 0 radical (unpaired) electrons. The van der Waals surface area contributed by atoms with Crippen LogP contribution in [0.3, 0.4) is 0 Å². The number of carboxylic acid groups (broad SMARTS) is 1. The third kappa shape index (κ3) is 2.93. The monoisotopic (exact) mass is 285 g/mol. The quantitative estimate of drug-likeness (QED) is 0.922. The molecular formula is C13H16ClNO4. The molecular weight excluding hydrogens is 270 g/mol. The number of fused-ring (bicyclic) bond motifs is 1. The molecule has 6 heteroatoms. The Morgan fingerprint density at radius 2 is 2.05 bits per heavy atom. The van der Waals surface area contributed by atoms with Gasteiger partial charge in [0.15, 0.2) is 11.5 Å². The maximum absolute atomic E-state index is 11.3. The number of nitrogens with zero attached hydrogens (tertiary/aromatic N) is 1. The number of hydrogen-bond acceptors (Lipinski definition) is 4. The molecule has 1 aromatic rings. The molecule has 0 bridgehead atoms. The first-order chi connectivity index (χ1) is 9.00. The molecule has 104 valence electrons. The Bertz CT molecular complexity index is 490. The highest BCUT2D eigenvalue weighted by molar-refractivity contribution is 6.32. The van der Waals surface area contributed by atoms with Gasteiger partial charge in [0.05, 0.1) is 18.2 Å². The van der Waals surface area contributed by atoms with Crippen LogP contribution in [0.5, 0.6) is 11.5 Å². The molecule has 1 aliphatic heterocycles. The molecule has 1 N–H and O–H groups in total. The van der Waals surface area contributed by atoms with E-state index in [2.05, 4.69) is 0 Å². The average Bonchev–Trinajstić information content (AvgIpc) is 2.53. The lowest BCUT2D eigenvalue weighted by atomic mass is 10.1. The number of hydrogen-bond donors (Lipinski definition) is 1. The highest BCUT2D eigenvalue weighted by Crippen LogP contribution is 2.40. The van der Waals surface area contributed by atoms with Gasteiger partial charge in [-0.2, -0.15) is 0 Å². The number of aliphatic carboxylic acids is 1. The van der Waals surface area contributed by atoms with Gasteiger partial charge in [0.1, 0.15) is 6.04 Å². The summed E-state index contributed by atoms with van der Waals surface area (Å²) < 4.78 is 11.1. The molecule has 0 fully saturated rings. The summed E-state index contributed by atoms with van der Waals surface area (Å²) in [6, 6.07) is 2.54. The number of ether oxygens (including phenoxy) is 2. The van der Waals surface area contributed by atoms with E-state index in [1.807, 2.05) is 0 Å². The third-order valence-electron chi connectivity index (χ3n) is 2.89. The Hall–Kier alpha value is -1.46. The Labute approximate surface area is 116 Å². The van der Waals surface area contributed by atoms with Gasteiger partial charge in [0.25, 0.3) is 0 Å². The van der Waals surface area contributed by atoms with Crippen molar-refractivity contribution in [1.82, 2.24) is 4.90 Å². The van der Waals surface area contributed by atoms with E-state index in [1.165, 1.54) is 0 Å². The van der Waals surface area contributed by atoms with Gasteiger partial charge >= 0.3 is 5.97 Å². The van der Waals surface area contributed by atoms with Gasteiger partial charge in [-0.25, -0.2) is 0 Å². The maximum Gasteiger partial charge on any atom is 0.325 e. The molecule has 5 nitrogen and oxygen atoms in total. The predicted molar refractivity (Wildman–Crippen MR) is 71.1 cm³/mol. The largest absolute Gasteiger partial charge is 0.489 e. The van der Waals surface area contributed by atoms with E-state index < -0.39 is 12.0 Å². The molecule has 1 aliphatic rings. The Morgan fingerprint density at radius 3 is 2.68 bits per heavy atom. The van der Waals surface area contributed by atoms with Gasteiger partial charge in [-0.1, -0.05) is 11.6 Å². The first kappa shape index (κ1) is 14.0. The van der Waals surface area contributed by atoms with Crippen LogP contribution in [0.4, 0.5) is 0 Å². The summed E-state index contributed by atoms with van der Waals surface area (Å²) in [6.07, 6.45) is 0.774. The lowest BCUT2D eigenvalue weighted by Gasteiger charge is -2.22. The minimum atomic E-state index is -0.935. The Morgan fingerprint density at radius 1 is 1.37 bits per heavy atom. The smallest absolute Gasteiger partial charge is 0.325 e. The van der Waals surface area contributed by atoms with Crippen LogP contribution in [-0.4, -0.2) is 43.3 Å². The minimum Gasteiger partial charge on any atom is -0.489 e. The third-order valence-corrected chi connectivity index (χ3v) is 3.17. The Kier molecular flexibility index (Phi) is 4.17. The summed E-state index contributed by atoms with van der Waals surface area (Å²) in [6.45, 7) is 1.08. The van der Waals surface area contributed by atoms with Crippen LogP contribution >= 0.6 is 11.6 Å². The topological polar surface area (TPSA) is 59.0 Å². The molecule has 0 aliphatic carbocycles. The summed E-state index contributed by atoms with van der Waals surface area (Å²) in [7, 11) is 3.41. The SMILES string of the molecule is CN(C)C(C(=O)O)c1cc(Cl)c2c(c1)OCCCO2. The molecule has 1 aromatic carbocycles. The molecule has 0 aromatic heterocycles. The van der Waals surface area contributed by atoms with Gasteiger partial charge in [0, 0.05) is 6.42 Å². The lowest BCUT2D eigenvalue weighted by molar-refractivity contribution is -0.142. The maximum atomic E-state index is 11.3. The number of rotatable bonds is 3. The predicted octanol–water partition coefficient (Wildman–Crippen LogP) is 2.19. The fraction of sp³-hybridized carbons (Fsp3) is 0.462. The van der Waals surface area contributed by atoms with E-state index in [4.69, 9.17) is 21.1 Å². The normalized spacial score (nSPS) is 16.0. The van der Waals surface area contributed by atoms with Gasteiger partial charge < -0.3 is 14.6 Å². The zero-order chi connectivity index (χ0) is 14.0. The van der Waals surface area contributed by atoms with Crippen LogP contribution in [0.1, 0.15) is 18.0 Å². The molecule has 0 amide bonds. The number of benzene rings is 1. The van der Waals surface area contributed by atoms with E-state index in [1.54, 1.807) is 31.1 Å². The second kappa shape index (κ2) is 5.67. The molecule has 2 rings (SSSR count). The van der Waals surface area contributed by atoms with E-state index in [9.17, 15) is 9.90 Å². The highest BCUT2D eigenvalue weighted by atomic mass is 35.5. The van der Waals surface area contributed by atoms with E-state index >= 15 is 0 Å². The second-order valence-corrected chi connectivity index (χ2v) is 4.99. The molecule has 0 saturated carbocycles. The zero-order valence-electron chi connectivity index (χ0n) is 10.9. The lowest BCUT2D eigenvalue weighted by Crippen LogP contribution is -2.27. The van der Waals surface area contributed by atoms with E-state index in [0.717, 1.165) is 6.42 Å². The summed E-state index contributed by atoms with van der Waals surface area (Å²) in [4.78, 5) is 12.9. The summed E-state index contributed by atoms with van der Waals surface area (Å²) in [5.41, 5.74) is 0.576. The Balaban J connectivity index is 2.45. The average molecular weight is 286 g/mol. The fourth-order valence-electron chi connectivity index (χ4n) is 2.07. The highest BCUT2D eigenvalue weighted by Gasteiger charge is 2.25. The molecule has 19 heavy (non-hydrogen) atoms. The van der Waals surface area contributed by atoms with Crippen molar-refractivity contribution in [2.45, 2.75) is 12.5 Å². The second-order valence-electron chi connectivity index (χ2n) is 4.58. The van der Waals surface area contributed by atoms with Crippen LogP contribution in [0.15, 0.2) is 12.1 Å². The van der Waals surface area contributed by atoms with Crippen molar-refractivity contribution < 1.29 is 19.4 Å². The number of carbonyl (C=O) groups is 1. The number of likely N-dealkylation sites (N-methyl/N-ethyl adjacent to an activating group) is 1. The van der Waals surface area contributed by atoms with Gasteiger partial charge in [0.2, 0.25) is 0 Å². The van der Waals surface area contributed by atoms with Crippen molar-refractivity contribution >= 4 is 17.6 Å². The van der Waals surface area contributed by atoms with Gasteiger partial charge in [-0.3, -0.25) is 9.69 Å². The first-order valence-corrected chi connectivity index (χ1v) is 6.36. The van der Waals surface area contributed by atoms with Gasteiger partial charge in [-0.15, -0.1) is 0 Å². The zero-order valence-corrected chi connectivity index (χ0v) is 11.6. The fourth-order valence-corrected chi connectivity index (χ4v) is 2.34. The summed E-state index contributed by atoms with van der Waals surface area (Å²) >= 11 is 6.16. The van der Waals surface area contributed by atoms with E-state index in [-0.39, 0.29) is 0 Å². The van der Waals surface area contributed by atoms with Crippen molar-refractivity contribution in [2.75, 3.05) is 27.3 Å². The minimum absolute atomic E-state index is 0.377. The van der Waals surface area contributed by atoms with Crippen LogP contribution in [-0.2, 0) is 4.79 Å². The van der Waals surface area contributed by atoms with Crippen molar-refractivity contribution in [3.05, 3.63) is 22.7 Å². The van der Waals surface area contributed by atoms with Crippen LogP contribution in [0.25, 0.3) is 0 Å². The first-order valence-electron chi connectivity index (χ1n) is 5.99. The standard InChI is InChI=1S/C13H16ClNO4/c1-15(2)11(13(16)17)8-6-9(14)12-10(7-8)18-4-3-5-19-12/h6-7,11H,3-5H2,1-2H3,(H,16,17). The molecule has 1 atom stereocenters. The number of carboxylic acids is 1. The van der Waals surface area contributed by atoms with Crippen molar-refractivity contribution in [1.29, 1.82) is 0 Å². The summed E-state index contributed by atoms with van der Waals surface area (Å²) in [5.74, 6) is 0.0643. The molecule has 1 heterocycles. The van der Waals surface area contributed by atoms with Crippen LogP contribution < -0.4 is 9.47 Å². The molecule has 0 saturated heterocycles.